The van der Waals surface area contributed by atoms with Gasteiger partial charge in [-0.25, -0.2) is 0 Å². The fourth-order valence-electron chi connectivity index (χ4n) is 2.11. The van der Waals surface area contributed by atoms with Gasteiger partial charge in [-0.2, -0.15) is 0 Å². The second-order valence-corrected chi connectivity index (χ2v) is 5.22. The van der Waals surface area contributed by atoms with Gasteiger partial charge in [0, 0.05) is 19.3 Å². The molecule has 0 bridgehead atoms. The second kappa shape index (κ2) is 7.17. The lowest BCUT2D eigenvalue weighted by Gasteiger charge is -2.23. The highest BCUT2D eigenvalue weighted by Crippen LogP contribution is 2.22. The van der Waals surface area contributed by atoms with E-state index < -0.39 is 5.97 Å². The SMILES string of the molecule is CCC(CN(C)c1ccc(C(C)CC)cc1)C(=O)O. The molecule has 3 heteroatoms. The Balaban J connectivity index is 2.72. The largest absolute Gasteiger partial charge is 0.481 e. The topological polar surface area (TPSA) is 40.5 Å². The van der Waals surface area contributed by atoms with Crippen molar-refractivity contribution in [1.29, 1.82) is 0 Å². The van der Waals surface area contributed by atoms with Crippen LogP contribution < -0.4 is 4.90 Å². The molecular formula is C16H25NO2. The van der Waals surface area contributed by atoms with Gasteiger partial charge < -0.3 is 10.0 Å². The fourth-order valence-corrected chi connectivity index (χ4v) is 2.11. The number of carboxylic acids is 1. The van der Waals surface area contributed by atoms with Gasteiger partial charge in [0.1, 0.15) is 0 Å². The van der Waals surface area contributed by atoms with Gasteiger partial charge in [0.2, 0.25) is 0 Å². The first-order valence-corrected chi connectivity index (χ1v) is 7.03. The molecule has 1 N–H and O–H groups in total. The Kier molecular flexibility index (Phi) is 5.87. The average molecular weight is 263 g/mol. The van der Waals surface area contributed by atoms with Crippen LogP contribution in [0.1, 0.15) is 45.1 Å². The van der Waals surface area contributed by atoms with Gasteiger partial charge in [-0.15, -0.1) is 0 Å². The second-order valence-electron chi connectivity index (χ2n) is 5.22. The van der Waals surface area contributed by atoms with Crippen molar-refractivity contribution < 1.29 is 9.90 Å². The Bertz CT molecular complexity index is 400. The molecule has 0 fully saturated rings. The minimum absolute atomic E-state index is 0.306. The van der Waals surface area contributed by atoms with E-state index in [-0.39, 0.29) is 5.92 Å². The summed E-state index contributed by atoms with van der Waals surface area (Å²) in [4.78, 5) is 13.1. The maximum Gasteiger partial charge on any atom is 0.308 e. The summed E-state index contributed by atoms with van der Waals surface area (Å²) >= 11 is 0. The van der Waals surface area contributed by atoms with Gasteiger partial charge in [0.25, 0.3) is 0 Å². The van der Waals surface area contributed by atoms with E-state index in [1.807, 2.05) is 18.9 Å². The summed E-state index contributed by atoms with van der Waals surface area (Å²) in [6.45, 7) is 6.87. The summed E-state index contributed by atoms with van der Waals surface area (Å²) in [5.41, 5.74) is 2.41. The number of carboxylic acid groups (broad SMARTS) is 1. The third-order valence-electron chi connectivity index (χ3n) is 3.85. The zero-order chi connectivity index (χ0) is 14.4. The summed E-state index contributed by atoms with van der Waals surface area (Å²) < 4.78 is 0. The third kappa shape index (κ3) is 4.27. The van der Waals surface area contributed by atoms with Crippen molar-refractivity contribution in [3.8, 4) is 0 Å². The van der Waals surface area contributed by atoms with Crippen LogP contribution in [-0.4, -0.2) is 24.7 Å². The number of rotatable bonds is 7. The van der Waals surface area contributed by atoms with Crippen LogP contribution >= 0.6 is 0 Å². The molecule has 0 saturated carbocycles. The predicted octanol–water partition coefficient (Wildman–Crippen LogP) is 3.75. The molecule has 0 aromatic heterocycles. The van der Waals surface area contributed by atoms with E-state index in [0.29, 0.717) is 18.9 Å². The average Bonchev–Trinajstić information content (AvgIpc) is 2.43. The summed E-state index contributed by atoms with van der Waals surface area (Å²) in [5, 5.41) is 9.09. The highest BCUT2D eigenvalue weighted by atomic mass is 16.4. The van der Waals surface area contributed by atoms with Crippen molar-refractivity contribution in [2.75, 3.05) is 18.5 Å². The molecule has 1 aromatic rings. The zero-order valence-corrected chi connectivity index (χ0v) is 12.4. The Morgan fingerprint density at radius 3 is 2.21 bits per heavy atom. The van der Waals surface area contributed by atoms with Gasteiger partial charge in [0.15, 0.2) is 0 Å². The molecule has 0 amide bonds. The molecule has 0 radical (unpaired) electrons. The van der Waals surface area contributed by atoms with E-state index in [1.165, 1.54) is 5.56 Å². The molecule has 1 rings (SSSR count). The normalized spacial score (nSPS) is 13.9. The number of carbonyl (C=O) groups is 1. The molecular weight excluding hydrogens is 238 g/mol. The Labute approximate surface area is 116 Å². The molecule has 0 spiro atoms. The van der Waals surface area contributed by atoms with E-state index >= 15 is 0 Å². The van der Waals surface area contributed by atoms with Crippen LogP contribution in [0.4, 0.5) is 5.69 Å². The lowest BCUT2D eigenvalue weighted by molar-refractivity contribution is -0.141. The van der Waals surface area contributed by atoms with E-state index in [2.05, 4.69) is 38.1 Å². The van der Waals surface area contributed by atoms with E-state index in [4.69, 9.17) is 5.11 Å². The number of nitrogens with zero attached hydrogens (tertiary/aromatic N) is 1. The van der Waals surface area contributed by atoms with Crippen LogP contribution in [0.5, 0.6) is 0 Å². The zero-order valence-electron chi connectivity index (χ0n) is 12.4. The summed E-state index contributed by atoms with van der Waals surface area (Å²) in [6, 6.07) is 8.44. The maximum absolute atomic E-state index is 11.1. The van der Waals surface area contributed by atoms with Crippen LogP contribution in [-0.2, 0) is 4.79 Å². The minimum atomic E-state index is -0.717. The molecule has 2 atom stereocenters. The first kappa shape index (κ1) is 15.5. The minimum Gasteiger partial charge on any atom is -0.481 e. The van der Waals surface area contributed by atoms with Crippen molar-refractivity contribution >= 4 is 11.7 Å². The van der Waals surface area contributed by atoms with Gasteiger partial charge in [-0.1, -0.05) is 32.9 Å². The van der Waals surface area contributed by atoms with E-state index in [1.54, 1.807) is 0 Å². The Hall–Kier alpha value is -1.51. The van der Waals surface area contributed by atoms with Crippen LogP contribution in [0.2, 0.25) is 0 Å². The number of benzene rings is 1. The van der Waals surface area contributed by atoms with Crippen LogP contribution in [0, 0.1) is 5.92 Å². The van der Waals surface area contributed by atoms with Crippen molar-refractivity contribution in [1.82, 2.24) is 0 Å². The Morgan fingerprint density at radius 1 is 1.21 bits per heavy atom. The van der Waals surface area contributed by atoms with Crippen LogP contribution in [0.15, 0.2) is 24.3 Å². The molecule has 0 aliphatic carbocycles. The van der Waals surface area contributed by atoms with Crippen molar-refractivity contribution in [2.24, 2.45) is 5.92 Å². The molecule has 3 nitrogen and oxygen atoms in total. The molecule has 19 heavy (non-hydrogen) atoms. The number of anilines is 1. The highest BCUT2D eigenvalue weighted by molar-refractivity contribution is 5.71. The quantitative estimate of drug-likeness (QED) is 0.814. The maximum atomic E-state index is 11.1. The first-order chi connectivity index (χ1) is 8.99. The van der Waals surface area contributed by atoms with Crippen molar-refractivity contribution in [3.05, 3.63) is 29.8 Å². The van der Waals surface area contributed by atoms with Gasteiger partial charge in [-0.05, 0) is 36.5 Å². The molecule has 0 aliphatic rings. The van der Waals surface area contributed by atoms with Crippen LogP contribution in [0.3, 0.4) is 0 Å². The predicted molar refractivity (Wildman–Crippen MR) is 79.8 cm³/mol. The van der Waals surface area contributed by atoms with Gasteiger partial charge in [0.05, 0.1) is 5.92 Å². The fraction of sp³-hybridized carbons (Fsp3) is 0.562. The molecule has 1 aromatic carbocycles. The lowest BCUT2D eigenvalue weighted by atomic mass is 9.98. The van der Waals surface area contributed by atoms with Crippen molar-refractivity contribution in [3.63, 3.8) is 0 Å². The number of aliphatic carboxylic acids is 1. The number of hydrogen-bond acceptors (Lipinski definition) is 2. The summed E-state index contributed by atoms with van der Waals surface area (Å²) in [7, 11) is 1.95. The van der Waals surface area contributed by atoms with Gasteiger partial charge in [-0.3, -0.25) is 4.79 Å². The molecule has 0 aliphatic heterocycles. The monoisotopic (exact) mass is 263 g/mol. The van der Waals surface area contributed by atoms with Crippen LogP contribution in [0.25, 0.3) is 0 Å². The molecule has 0 saturated heterocycles. The lowest BCUT2D eigenvalue weighted by Crippen LogP contribution is -2.29. The van der Waals surface area contributed by atoms with Crippen molar-refractivity contribution in [2.45, 2.75) is 39.5 Å². The molecule has 2 unspecified atom stereocenters. The Morgan fingerprint density at radius 2 is 1.79 bits per heavy atom. The third-order valence-corrected chi connectivity index (χ3v) is 3.85. The summed E-state index contributed by atoms with van der Waals surface area (Å²) in [6.07, 6.45) is 1.79. The molecule has 0 heterocycles. The number of hydrogen-bond donors (Lipinski definition) is 1. The highest BCUT2D eigenvalue weighted by Gasteiger charge is 2.17. The standard InChI is InChI=1S/C16H25NO2/c1-5-12(3)14-7-9-15(10-8-14)17(4)11-13(6-2)16(18)19/h7-10,12-13H,5-6,11H2,1-4H3,(H,18,19). The summed E-state index contributed by atoms with van der Waals surface area (Å²) in [5.74, 6) is -0.452. The van der Waals surface area contributed by atoms with Gasteiger partial charge >= 0.3 is 5.97 Å². The van der Waals surface area contributed by atoms with E-state index in [0.717, 1.165) is 12.1 Å². The first-order valence-electron chi connectivity index (χ1n) is 7.03. The molecule has 106 valence electrons. The smallest absolute Gasteiger partial charge is 0.308 e. The van der Waals surface area contributed by atoms with E-state index in [9.17, 15) is 4.79 Å².